The maximum absolute atomic E-state index is 13.0. The molecule has 2 aromatic rings. The minimum absolute atomic E-state index is 0.0319. The van der Waals surface area contributed by atoms with E-state index in [4.69, 9.17) is 5.73 Å². The number of para-hydroxylation sites is 1. The van der Waals surface area contributed by atoms with Crippen LogP contribution in [0.3, 0.4) is 0 Å². The van der Waals surface area contributed by atoms with Gasteiger partial charge in [-0.15, -0.1) is 0 Å². The summed E-state index contributed by atoms with van der Waals surface area (Å²) in [5, 5.41) is 1.10. The number of benzene rings is 1. The zero-order valence-corrected chi connectivity index (χ0v) is 17.1. The highest BCUT2D eigenvalue weighted by Gasteiger charge is 2.30. The number of nitrogens with two attached hydrogens (primary N) is 1. The highest BCUT2D eigenvalue weighted by Crippen LogP contribution is 2.24. The molecule has 1 aromatic carbocycles. The third-order valence-electron chi connectivity index (χ3n) is 5.28. The molecule has 1 aliphatic rings. The topological polar surface area (TPSA) is 98.3 Å². The van der Waals surface area contributed by atoms with Gasteiger partial charge in [0.1, 0.15) is 6.04 Å². The van der Waals surface area contributed by atoms with Crippen LogP contribution in [-0.4, -0.2) is 44.6 Å². The van der Waals surface area contributed by atoms with E-state index in [0.717, 1.165) is 19.3 Å². The summed E-state index contributed by atoms with van der Waals surface area (Å²) < 4.78 is 1.67. The number of nitrogens with zero attached hydrogens (tertiary/aromatic N) is 3. The van der Waals surface area contributed by atoms with Gasteiger partial charge in [0.2, 0.25) is 11.8 Å². The van der Waals surface area contributed by atoms with E-state index in [1.54, 1.807) is 21.6 Å². The van der Waals surface area contributed by atoms with Gasteiger partial charge in [0, 0.05) is 12.6 Å². The lowest BCUT2D eigenvalue weighted by molar-refractivity contribution is -0.138. The molecule has 1 fully saturated rings. The first kappa shape index (κ1) is 20.4. The van der Waals surface area contributed by atoms with Crippen LogP contribution in [0.5, 0.6) is 0 Å². The number of amides is 2. The molecule has 2 heterocycles. The Hall–Kier alpha value is -2.35. The smallest absolute Gasteiger partial charge is 0.262 e. The first-order chi connectivity index (χ1) is 13.4. The van der Waals surface area contributed by atoms with Crippen molar-refractivity contribution in [2.75, 3.05) is 12.3 Å². The SMILES string of the molecule is CC[C@H](C)n1c(SCC(=O)N2CCCC[C@@H]2C(N)=O)nc2ccccc2c1=O. The number of carbonyl (C=O) groups is 2. The predicted octanol–water partition coefficient (Wildman–Crippen LogP) is 2.33. The van der Waals surface area contributed by atoms with Gasteiger partial charge in [-0.2, -0.15) is 0 Å². The summed E-state index contributed by atoms with van der Waals surface area (Å²) >= 11 is 1.24. The molecule has 0 radical (unpaired) electrons. The lowest BCUT2D eigenvalue weighted by Crippen LogP contribution is -2.51. The average Bonchev–Trinajstić information content (AvgIpc) is 2.71. The van der Waals surface area contributed by atoms with Gasteiger partial charge < -0.3 is 10.6 Å². The summed E-state index contributed by atoms with van der Waals surface area (Å²) in [5.74, 6) is -0.490. The number of aromatic nitrogens is 2. The van der Waals surface area contributed by atoms with Gasteiger partial charge in [-0.3, -0.25) is 19.0 Å². The molecular weight excluding hydrogens is 376 g/mol. The fourth-order valence-electron chi connectivity index (χ4n) is 3.53. The normalized spacial score (nSPS) is 18.2. The lowest BCUT2D eigenvalue weighted by Gasteiger charge is -2.33. The molecule has 7 nitrogen and oxygen atoms in total. The van der Waals surface area contributed by atoms with Crippen LogP contribution in [0.2, 0.25) is 0 Å². The van der Waals surface area contributed by atoms with Crippen molar-refractivity contribution in [1.82, 2.24) is 14.5 Å². The van der Waals surface area contributed by atoms with Crippen molar-refractivity contribution < 1.29 is 9.59 Å². The molecular formula is C20H26N4O3S. The number of fused-ring (bicyclic) bond motifs is 1. The standard InChI is InChI=1S/C20H26N4O3S/c1-3-13(2)24-19(27)14-8-4-5-9-15(14)22-20(24)28-12-17(25)23-11-7-6-10-16(23)18(21)26/h4-5,8-9,13,16H,3,6-7,10-12H2,1-2H3,(H2,21,26)/t13-,16+/m0/s1. The van der Waals surface area contributed by atoms with Crippen LogP contribution in [0.25, 0.3) is 10.9 Å². The Morgan fingerprint density at radius 2 is 2.07 bits per heavy atom. The Morgan fingerprint density at radius 1 is 1.32 bits per heavy atom. The van der Waals surface area contributed by atoms with Crippen LogP contribution in [-0.2, 0) is 9.59 Å². The first-order valence-electron chi connectivity index (χ1n) is 9.67. The van der Waals surface area contributed by atoms with Crippen LogP contribution in [0.1, 0.15) is 45.6 Å². The summed E-state index contributed by atoms with van der Waals surface area (Å²) in [6.45, 7) is 4.52. The van der Waals surface area contributed by atoms with Gasteiger partial charge in [-0.1, -0.05) is 30.8 Å². The van der Waals surface area contributed by atoms with Crippen LogP contribution < -0.4 is 11.3 Å². The second kappa shape index (κ2) is 8.77. The second-order valence-corrected chi connectivity index (χ2v) is 8.08. The Morgan fingerprint density at radius 3 is 2.79 bits per heavy atom. The molecule has 0 saturated carbocycles. The predicted molar refractivity (Wildman–Crippen MR) is 110 cm³/mol. The maximum atomic E-state index is 13.0. The fraction of sp³-hybridized carbons (Fsp3) is 0.500. The van der Waals surface area contributed by atoms with E-state index >= 15 is 0 Å². The third-order valence-corrected chi connectivity index (χ3v) is 6.22. The molecule has 8 heteroatoms. The number of primary amides is 1. The molecule has 0 aliphatic carbocycles. The summed E-state index contributed by atoms with van der Waals surface area (Å²) in [4.78, 5) is 43.7. The van der Waals surface area contributed by atoms with Gasteiger partial charge in [0.05, 0.1) is 16.7 Å². The molecule has 1 saturated heterocycles. The summed E-state index contributed by atoms with van der Waals surface area (Å²) in [6, 6.07) is 6.67. The molecule has 2 amide bonds. The summed E-state index contributed by atoms with van der Waals surface area (Å²) in [5.41, 5.74) is 5.99. The minimum Gasteiger partial charge on any atom is -0.368 e. The van der Waals surface area contributed by atoms with Crippen molar-refractivity contribution in [3.8, 4) is 0 Å². The van der Waals surface area contributed by atoms with Gasteiger partial charge in [0.25, 0.3) is 5.56 Å². The van der Waals surface area contributed by atoms with Crippen LogP contribution in [0.15, 0.2) is 34.2 Å². The fourth-order valence-corrected chi connectivity index (χ4v) is 4.52. The zero-order chi connectivity index (χ0) is 20.3. The molecule has 2 atom stereocenters. The van der Waals surface area contributed by atoms with E-state index in [0.29, 0.717) is 29.0 Å². The molecule has 0 unspecified atom stereocenters. The average molecular weight is 403 g/mol. The monoisotopic (exact) mass is 402 g/mol. The molecule has 150 valence electrons. The van der Waals surface area contributed by atoms with E-state index in [-0.39, 0.29) is 23.3 Å². The van der Waals surface area contributed by atoms with Crippen LogP contribution in [0, 0.1) is 0 Å². The Bertz CT molecular complexity index is 943. The lowest BCUT2D eigenvalue weighted by atomic mass is 10.0. The zero-order valence-electron chi connectivity index (χ0n) is 16.3. The van der Waals surface area contributed by atoms with E-state index in [1.165, 1.54) is 11.8 Å². The van der Waals surface area contributed by atoms with Gasteiger partial charge >= 0.3 is 0 Å². The van der Waals surface area contributed by atoms with Crippen molar-refractivity contribution in [2.45, 2.75) is 56.8 Å². The summed E-state index contributed by atoms with van der Waals surface area (Å²) in [6.07, 6.45) is 3.14. The highest BCUT2D eigenvalue weighted by molar-refractivity contribution is 7.99. The second-order valence-electron chi connectivity index (χ2n) is 7.13. The Labute approximate surface area is 168 Å². The van der Waals surface area contributed by atoms with Crippen LogP contribution in [0.4, 0.5) is 0 Å². The van der Waals surface area contributed by atoms with Gasteiger partial charge in [-0.05, 0) is 44.7 Å². The maximum Gasteiger partial charge on any atom is 0.262 e. The highest BCUT2D eigenvalue weighted by atomic mass is 32.2. The number of rotatable bonds is 6. The molecule has 0 spiro atoms. The minimum atomic E-state index is -0.539. The molecule has 28 heavy (non-hydrogen) atoms. The number of piperidine rings is 1. The number of hydrogen-bond acceptors (Lipinski definition) is 5. The van der Waals surface area contributed by atoms with Crippen molar-refractivity contribution in [1.29, 1.82) is 0 Å². The number of thioether (sulfide) groups is 1. The number of carbonyl (C=O) groups excluding carboxylic acids is 2. The molecule has 1 aromatic heterocycles. The number of likely N-dealkylation sites (tertiary alicyclic amines) is 1. The van der Waals surface area contributed by atoms with E-state index in [2.05, 4.69) is 4.98 Å². The van der Waals surface area contributed by atoms with Crippen molar-refractivity contribution >= 4 is 34.5 Å². The molecule has 3 rings (SSSR count). The van der Waals surface area contributed by atoms with E-state index in [1.807, 2.05) is 26.0 Å². The first-order valence-corrected chi connectivity index (χ1v) is 10.7. The van der Waals surface area contributed by atoms with E-state index in [9.17, 15) is 14.4 Å². The molecule has 1 aliphatic heterocycles. The largest absolute Gasteiger partial charge is 0.368 e. The molecule has 2 N–H and O–H groups in total. The van der Waals surface area contributed by atoms with Crippen LogP contribution >= 0.6 is 11.8 Å². The Kier molecular flexibility index (Phi) is 6.39. The number of hydrogen-bond donors (Lipinski definition) is 1. The van der Waals surface area contributed by atoms with Gasteiger partial charge in [-0.25, -0.2) is 4.98 Å². The summed E-state index contributed by atoms with van der Waals surface area (Å²) in [7, 11) is 0. The van der Waals surface area contributed by atoms with Crippen molar-refractivity contribution in [3.63, 3.8) is 0 Å². The van der Waals surface area contributed by atoms with Gasteiger partial charge in [0.15, 0.2) is 5.16 Å². The Balaban J connectivity index is 1.88. The molecule has 0 bridgehead atoms. The van der Waals surface area contributed by atoms with Crippen molar-refractivity contribution in [2.24, 2.45) is 5.73 Å². The quantitative estimate of drug-likeness (QED) is 0.591. The van der Waals surface area contributed by atoms with E-state index < -0.39 is 11.9 Å². The van der Waals surface area contributed by atoms with Crippen molar-refractivity contribution in [3.05, 3.63) is 34.6 Å². The third kappa shape index (κ3) is 4.06.